The second-order valence-corrected chi connectivity index (χ2v) is 18.1. The van der Waals surface area contributed by atoms with Crippen molar-refractivity contribution in [2.24, 2.45) is 40.4 Å². The molecule has 3 heterocycles. The zero-order valence-electron chi connectivity index (χ0n) is 38.4. The zero-order chi connectivity index (χ0) is 46.9. The quantitative estimate of drug-likeness (QED) is 0.139. The number of hydrogen-bond acceptors (Lipinski definition) is 14. The minimum Gasteiger partial charge on any atom is -0.492 e. The maximum Gasteiger partial charge on any atom is 0.226 e. The molecular weight excluding hydrogens is 815 g/mol. The Morgan fingerprint density at radius 2 is 1.55 bits per heavy atom. The summed E-state index contributed by atoms with van der Waals surface area (Å²) in [6.07, 6.45) is -0.339. The highest BCUT2D eigenvalue weighted by Gasteiger charge is 2.39. The fourth-order valence-corrected chi connectivity index (χ4v) is 8.40. The topological polar surface area (TPSA) is 250 Å². The van der Waals surface area contributed by atoms with Gasteiger partial charge in [-0.2, -0.15) is 5.26 Å². The van der Waals surface area contributed by atoms with Crippen molar-refractivity contribution in [3.63, 3.8) is 0 Å². The summed E-state index contributed by atoms with van der Waals surface area (Å²) in [7, 11) is 1.51. The molecule has 1 saturated heterocycles. The van der Waals surface area contributed by atoms with Gasteiger partial charge in [-0.15, -0.1) is 0 Å². The lowest BCUT2D eigenvalue weighted by molar-refractivity contribution is -0.142. The molecule has 1 fully saturated rings. The molecule has 2 aliphatic heterocycles. The number of aryl methyl sites for hydroxylation is 2. The van der Waals surface area contributed by atoms with Gasteiger partial charge in [0.15, 0.2) is 17.3 Å². The zero-order valence-corrected chi connectivity index (χ0v) is 38.4. The number of nitrogens with one attached hydrogen (secondary N) is 1. The average molecular weight is 880 g/mol. The Labute approximate surface area is 376 Å². The van der Waals surface area contributed by atoms with E-state index in [9.17, 15) is 29.2 Å². The van der Waals surface area contributed by atoms with E-state index in [4.69, 9.17) is 36.6 Å². The van der Waals surface area contributed by atoms with E-state index in [0.29, 0.717) is 62.6 Å². The minimum absolute atomic E-state index is 0.0278. The first kappa shape index (κ1) is 49.3. The van der Waals surface area contributed by atoms with Gasteiger partial charge < -0.3 is 41.8 Å². The van der Waals surface area contributed by atoms with Gasteiger partial charge in [0.25, 0.3) is 0 Å². The number of hydrogen-bond donors (Lipinski definition) is 4. The second-order valence-electron chi connectivity index (χ2n) is 18.1. The van der Waals surface area contributed by atoms with Crippen LogP contribution in [-0.2, 0) is 25.6 Å². The van der Waals surface area contributed by atoms with E-state index in [1.54, 1.807) is 51.1 Å². The molecule has 0 unspecified atom stereocenters. The van der Waals surface area contributed by atoms with Crippen LogP contribution in [0.2, 0.25) is 0 Å². The number of likely N-dealkylation sites (N-methyl/N-ethyl adjacent to an activating group) is 1. The molecular formula is C48H65N9O7. The molecule has 2 amide bonds. The number of carbonyl (C=O) groups excluding carboxylic acids is 5. The Hall–Kier alpha value is -5.76. The maximum absolute atomic E-state index is 14.8. The number of nitrogens with zero attached hydrogens (tertiary/aromatic N) is 5. The number of ether oxygens (including phenoxy) is 2. The van der Waals surface area contributed by atoms with Crippen LogP contribution in [0.3, 0.4) is 0 Å². The summed E-state index contributed by atoms with van der Waals surface area (Å²) < 4.78 is 12.3. The molecule has 7 N–H and O–H groups in total. The molecule has 0 radical (unpaired) electrons. The van der Waals surface area contributed by atoms with E-state index in [1.807, 2.05) is 12.1 Å². The number of nitriles is 1. The number of amides is 2. The highest BCUT2D eigenvalue weighted by atomic mass is 16.5. The maximum atomic E-state index is 14.8. The second kappa shape index (κ2) is 21.7. The molecule has 4 atom stereocenters. The van der Waals surface area contributed by atoms with Crippen molar-refractivity contribution in [3.05, 3.63) is 64.5 Å². The van der Waals surface area contributed by atoms with E-state index >= 15 is 0 Å². The Kier molecular flexibility index (Phi) is 16.7. The largest absolute Gasteiger partial charge is 0.492 e. The van der Waals surface area contributed by atoms with E-state index in [1.165, 1.54) is 11.9 Å². The average Bonchev–Trinajstić information content (AvgIpc) is 3.22. The van der Waals surface area contributed by atoms with Crippen LogP contribution in [0.1, 0.15) is 98.7 Å². The molecule has 0 aliphatic carbocycles. The minimum atomic E-state index is -1.23. The number of carbonyl (C=O) groups is 5. The predicted octanol–water partition coefficient (Wildman–Crippen LogP) is 4.16. The van der Waals surface area contributed by atoms with E-state index in [2.05, 4.69) is 31.0 Å². The third-order valence-corrected chi connectivity index (χ3v) is 12.3. The molecule has 0 saturated carbocycles. The van der Waals surface area contributed by atoms with Crippen LogP contribution in [0, 0.1) is 48.3 Å². The summed E-state index contributed by atoms with van der Waals surface area (Å²) in [4.78, 5) is 83.8. The first-order valence-corrected chi connectivity index (χ1v) is 22.2. The fraction of sp³-hybridized carbons (Fsp3) is 0.542. The summed E-state index contributed by atoms with van der Waals surface area (Å²) in [6.45, 7) is 14.3. The summed E-state index contributed by atoms with van der Waals surface area (Å²) in [5, 5.41) is 12.1. The Balaban J connectivity index is 1.56. The normalized spacial score (nSPS) is 18.5. The molecule has 3 aromatic rings. The van der Waals surface area contributed by atoms with Crippen molar-refractivity contribution in [1.82, 2.24) is 20.2 Å². The first-order chi connectivity index (χ1) is 30.4. The third kappa shape index (κ3) is 11.7. The molecule has 344 valence electrons. The van der Waals surface area contributed by atoms with Crippen molar-refractivity contribution >= 4 is 35.1 Å². The number of benzene rings is 2. The Morgan fingerprint density at radius 3 is 2.12 bits per heavy atom. The predicted molar refractivity (Wildman–Crippen MR) is 244 cm³/mol. The van der Waals surface area contributed by atoms with Crippen LogP contribution in [-0.4, -0.2) is 103 Å². The van der Waals surface area contributed by atoms with Crippen LogP contribution in [0.25, 0.3) is 11.1 Å². The van der Waals surface area contributed by atoms with Crippen molar-refractivity contribution in [2.45, 2.75) is 92.2 Å². The Morgan fingerprint density at radius 1 is 0.938 bits per heavy atom. The highest BCUT2D eigenvalue weighted by Crippen LogP contribution is 2.41. The van der Waals surface area contributed by atoms with E-state index < -0.39 is 41.5 Å². The van der Waals surface area contributed by atoms with Crippen LogP contribution >= 0.6 is 0 Å². The number of anilines is 1. The molecule has 16 nitrogen and oxygen atoms in total. The number of fused-ring (bicyclic) bond motifs is 5. The molecule has 2 aromatic carbocycles. The van der Waals surface area contributed by atoms with Gasteiger partial charge in [-0.3, -0.25) is 24.0 Å². The lowest BCUT2D eigenvalue weighted by Crippen LogP contribution is -2.53. The molecule has 4 bridgehead atoms. The summed E-state index contributed by atoms with van der Waals surface area (Å²) >= 11 is 0. The van der Waals surface area contributed by atoms with Gasteiger partial charge in [-0.1, -0.05) is 39.8 Å². The van der Waals surface area contributed by atoms with Gasteiger partial charge in [0.05, 0.1) is 29.1 Å². The van der Waals surface area contributed by atoms with Gasteiger partial charge in [-0.05, 0) is 80.0 Å². The smallest absolute Gasteiger partial charge is 0.226 e. The molecule has 64 heavy (non-hydrogen) atoms. The van der Waals surface area contributed by atoms with Crippen molar-refractivity contribution in [1.29, 1.82) is 5.26 Å². The summed E-state index contributed by atoms with van der Waals surface area (Å²) in [6, 6.07) is 10.3. The lowest BCUT2D eigenvalue weighted by atomic mass is 9.76. The van der Waals surface area contributed by atoms with Crippen molar-refractivity contribution < 1.29 is 33.4 Å². The SMILES string of the molecule is Cc1nc(N2CC(C(C)(C)C)C2)nc(C)c1C(=O)C[C@@H](CCN)C(=O)N(C)[C@@H]1C(=O)C[C@@H](C)C(=O)N[C@H](C(=O)CCC#N)Cc2ccc(OCCN)c(c2)-c2cc1ccc2OCCN. The number of nitrogens with two attached hydrogens (primary N) is 3. The van der Waals surface area contributed by atoms with Gasteiger partial charge in [0.1, 0.15) is 30.8 Å². The summed E-state index contributed by atoms with van der Waals surface area (Å²) in [5.41, 5.74) is 21.5. The molecule has 16 heteroatoms. The van der Waals surface area contributed by atoms with Crippen LogP contribution in [0.4, 0.5) is 5.95 Å². The molecule has 0 spiro atoms. The van der Waals surface area contributed by atoms with Gasteiger partial charge in [0, 0.05) is 81.9 Å². The van der Waals surface area contributed by atoms with Crippen LogP contribution in [0.15, 0.2) is 36.4 Å². The van der Waals surface area contributed by atoms with Crippen molar-refractivity contribution in [3.8, 4) is 28.7 Å². The van der Waals surface area contributed by atoms with Gasteiger partial charge in [0.2, 0.25) is 17.8 Å². The van der Waals surface area contributed by atoms with E-state index in [0.717, 1.165) is 13.1 Å². The number of ketones is 3. The lowest BCUT2D eigenvalue weighted by Gasteiger charge is -2.46. The summed E-state index contributed by atoms with van der Waals surface area (Å²) in [5.74, 6) is -2.00. The molecule has 5 rings (SSSR count). The standard InChI is InChI=1S/C48H65N9O7/c1-28-21-40(60)44(56(7)46(62)33(14-16-50)25-39(59)43-29(2)53-47(54-30(43)3)57-26-34(27-57)48(4,5)6)32-11-13-42(64-20-18-52)36(24-32)35-22-31(10-12-41(35)63-19-17-51)23-37(55-45(28)61)38(58)9-8-15-49/h10-13,22,24,28,33-34,37,44H,8-9,14,16-21,23,25-27,50-52H2,1-7H3,(H,55,61)/t28-,33-,37+,44+/m1/s1. The van der Waals surface area contributed by atoms with Crippen LogP contribution in [0.5, 0.6) is 11.5 Å². The first-order valence-electron chi connectivity index (χ1n) is 22.2. The number of rotatable bonds is 17. The highest BCUT2D eigenvalue weighted by molar-refractivity contribution is 6.01. The third-order valence-electron chi connectivity index (χ3n) is 12.3. The Bertz CT molecular complexity index is 2220. The van der Waals surface area contributed by atoms with Gasteiger partial charge >= 0.3 is 0 Å². The van der Waals surface area contributed by atoms with Gasteiger partial charge in [-0.25, -0.2) is 9.97 Å². The monoisotopic (exact) mass is 880 g/mol. The number of Topliss-reactive ketones (excluding diaryl/α,β-unsaturated/α-hetero) is 3. The van der Waals surface area contributed by atoms with E-state index in [-0.39, 0.29) is 88.4 Å². The fourth-order valence-electron chi connectivity index (χ4n) is 8.40. The molecule has 2 aliphatic rings. The number of aromatic nitrogens is 2. The van der Waals surface area contributed by atoms with Crippen LogP contribution < -0.4 is 36.9 Å². The van der Waals surface area contributed by atoms with Crippen molar-refractivity contribution in [2.75, 3.05) is 57.9 Å². The molecule has 1 aromatic heterocycles.